The number of nitrogens with zero attached hydrogens (tertiary/aromatic N) is 5. The molecule has 178 valence electrons. The largest absolute Gasteiger partial charge is 0.387 e. The van der Waals surface area contributed by atoms with E-state index < -0.39 is 6.10 Å². The monoisotopic (exact) mass is 480 g/mol. The number of carbonyl (C=O) groups excluding carboxylic acids is 1. The Kier molecular flexibility index (Phi) is 5.66. The van der Waals surface area contributed by atoms with Crippen LogP contribution in [0.25, 0.3) is 0 Å². The Morgan fingerprint density at radius 2 is 2.06 bits per heavy atom. The molecule has 4 N–H and O–H groups in total. The number of H-pyrrole nitrogens is 1. The molecule has 10 nitrogen and oxygen atoms in total. The fraction of sp³-hybridized carbons (Fsp3) is 0.522. The third-order valence-electron chi connectivity index (χ3n) is 7.12. The molecule has 0 bridgehead atoms. The molecule has 0 radical (unpaired) electrons. The average molecular weight is 481 g/mol. The number of anilines is 4. The van der Waals surface area contributed by atoms with Crippen LogP contribution in [0.5, 0.6) is 0 Å². The number of aliphatic hydroxyl groups is 1. The molecule has 4 heterocycles. The van der Waals surface area contributed by atoms with Gasteiger partial charge in [0.05, 0.1) is 11.8 Å². The van der Waals surface area contributed by atoms with E-state index in [2.05, 4.69) is 31.9 Å². The molecule has 2 aliphatic carbocycles. The van der Waals surface area contributed by atoms with E-state index >= 15 is 0 Å². The molecule has 2 fully saturated rings. The molecular weight excluding hydrogens is 452 g/mol. The van der Waals surface area contributed by atoms with Crippen LogP contribution in [-0.2, 0) is 11.2 Å². The summed E-state index contributed by atoms with van der Waals surface area (Å²) in [7, 11) is 0. The fourth-order valence-electron chi connectivity index (χ4n) is 5.38. The highest BCUT2D eigenvalue weighted by atomic mass is 32.1. The lowest BCUT2D eigenvalue weighted by atomic mass is 10.0. The number of thiazole rings is 1. The van der Waals surface area contributed by atoms with Gasteiger partial charge in [0.15, 0.2) is 10.9 Å². The van der Waals surface area contributed by atoms with Gasteiger partial charge in [-0.05, 0) is 38.5 Å². The Hall–Kier alpha value is -3.05. The third kappa shape index (κ3) is 4.03. The molecular formula is C23H28N8O2S. The van der Waals surface area contributed by atoms with Crippen molar-refractivity contribution in [3.8, 4) is 0 Å². The van der Waals surface area contributed by atoms with E-state index in [1.54, 1.807) is 6.20 Å². The molecule has 1 saturated heterocycles. The minimum Gasteiger partial charge on any atom is -0.387 e. The number of aliphatic hydroxyl groups excluding tert-OH is 1. The summed E-state index contributed by atoms with van der Waals surface area (Å²) >= 11 is 1.39. The Balaban J connectivity index is 1.28. The van der Waals surface area contributed by atoms with E-state index in [1.807, 2.05) is 10.3 Å². The molecule has 1 amide bonds. The maximum atomic E-state index is 13.0. The summed E-state index contributed by atoms with van der Waals surface area (Å²) in [6.45, 7) is 0.679. The van der Waals surface area contributed by atoms with Crippen molar-refractivity contribution < 1.29 is 9.90 Å². The van der Waals surface area contributed by atoms with Gasteiger partial charge in [0.25, 0.3) is 0 Å². The zero-order chi connectivity index (χ0) is 23.1. The molecule has 11 heteroatoms. The number of hydrogen-bond acceptors (Lipinski definition) is 9. The molecule has 3 aromatic heterocycles. The van der Waals surface area contributed by atoms with Crippen molar-refractivity contribution in [2.75, 3.05) is 22.1 Å². The van der Waals surface area contributed by atoms with E-state index in [9.17, 15) is 9.90 Å². The highest BCUT2D eigenvalue weighted by Gasteiger charge is 2.35. The molecule has 0 spiro atoms. The first-order chi connectivity index (χ1) is 16.7. The molecule has 1 aliphatic heterocycles. The van der Waals surface area contributed by atoms with Gasteiger partial charge in [-0.25, -0.2) is 9.97 Å². The van der Waals surface area contributed by atoms with Crippen LogP contribution in [0.2, 0.25) is 0 Å². The second-order valence-electron chi connectivity index (χ2n) is 9.28. The van der Waals surface area contributed by atoms with Crippen LogP contribution in [0.4, 0.5) is 22.7 Å². The zero-order valence-corrected chi connectivity index (χ0v) is 19.6. The minimum atomic E-state index is -0.629. The second kappa shape index (κ2) is 8.95. The average Bonchev–Trinajstić information content (AvgIpc) is 3.65. The van der Waals surface area contributed by atoms with Gasteiger partial charge in [0.2, 0.25) is 11.9 Å². The second-order valence-corrected chi connectivity index (χ2v) is 10.2. The molecule has 3 aromatic rings. The molecule has 1 saturated carbocycles. The number of fused-ring (bicyclic) bond motifs is 1. The van der Waals surface area contributed by atoms with Crippen molar-refractivity contribution in [3.05, 3.63) is 34.6 Å². The van der Waals surface area contributed by atoms with Crippen LogP contribution < -0.4 is 15.5 Å². The van der Waals surface area contributed by atoms with E-state index in [0.29, 0.717) is 54.3 Å². The quantitative estimate of drug-likeness (QED) is 0.420. The first kappa shape index (κ1) is 21.5. The van der Waals surface area contributed by atoms with Crippen molar-refractivity contribution in [1.29, 1.82) is 0 Å². The number of nitrogens with one attached hydrogen (secondary N) is 3. The van der Waals surface area contributed by atoms with Crippen molar-refractivity contribution in [2.24, 2.45) is 0 Å². The van der Waals surface area contributed by atoms with Gasteiger partial charge in [-0.1, -0.05) is 12.8 Å². The van der Waals surface area contributed by atoms with Crippen molar-refractivity contribution in [1.82, 2.24) is 25.1 Å². The predicted octanol–water partition coefficient (Wildman–Crippen LogP) is 3.64. The standard InChI is InChI=1S/C23H28N8O2S/c32-17-8-7-14-19(17)26-22(31-10-3-6-16(31)21(33)28-23-24-9-11-34-23)27-20(14)25-18-12-15(29-30-18)13-4-1-2-5-13/h9,11-13,16-17,32H,1-8,10H2,(H,24,28,33)(H2,25,26,27,29,30)/t16-,17+/m0/s1. The number of hydrogen-bond donors (Lipinski definition) is 4. The Morgan fingerprint density at radius 1 is 1.18 bits per heavy atom. The predicted molar refractivity (Wildman–Crippen MR) is 130 cm³/mol. The highest BCUT2D eigenvalue weighted by Crippen LogP contribution is 2.38. The Labute approximate surface area is 201 Å². The highest BCUT2D eigenvalue weighted by molar-refractivity contribution is 7.13. The molecule has 0 aromatic carbocycles. The zero-order valence-electron chi connectivity index (χ0n) is 18.8. The first-order valence-electron chi connectivity index (χ1n) is 12.0. The molecule has 0 unspecified atom stereocenters. The molecule has 34 heavy (non-hydrogen) atoms. The van der Waals surface area contributed by atoms with E-state index in [1.165, 1.54) is 37.0 Å². The van der Waals surface area contributed by atoms with Gasteiger partial charge in [0, 0.05) is 41.4 Å². The topological polar surface area (TPSA) is 132 Å². The minimum absolute atomic E-state index is 0.111. The van der Waals surface area contributed by atoms with Crippen LogP contribution in [0.15, 0.2) is 17.6 Å². The first-order valence-corrected chi connectivity index (χ1v) is 12.9. The van der Waals surface area contributed by atoms with Crippen LogP contribution >= 0.6 is 11.3 Å². The van der Waals surface area contributed by atoms with Gasteiger partial charge < -0.3 is 20.6 Å². The van der Waals surface area contributed by atoms with Crippen LogP contribution in [0.1, 0.15) is 73.9 Å². The lowest BCUT2D eigenvalue weighted by Crippen LogP contribution is -2.40. The van der Waals surface area contributed by atoms with Gasteiger partial charge in [-0.2, -0.15) is 10.1 Å². The SMILES string of the molecule is O=C(Nc1nccs1)[C@@H]1CCCN1c1nc(Nc2cc(C3CCCC3)[nH]n2)c2c(n1)[C@H](O)CC2. The lowest BCUT2D eigenvalue weighted by Gasteiger charge is -2.25. The van der Waals surface area contributed by atoms with Gasteiger partial charge in [-0.3, -0.25) is 9.89 Å². The summed E-state index contributed by atoms with van der Waals surface area (Å²) in [5.74, 6) is 2.27. The summed E-state index contributed by atoms with van der Waals surface area (Å²) in [6.07, 6.45) is 8.86. The van der Waals surface area contributed by atoms with Crippen molar-refractivity contribution in [3.63, 3.8) is 0 Å². The summed E-state index contributed by atoms with van der Waals surface area (Å²) in [6, 6.07) is 1.68. The molecule has 3 aliphatic rings. The van der Waals surface area contributed by atoms with Gasteiger partial charge in [0.1, 0.15) is 11.9 Å². The van der Waals surface area contributed by atoms with E-state index in [4.69, 9.17) is 9.97 Å². The molecule has 2 atom stereocenters. The Bertz CT molecular complexity index is 1170. The number of rotatable bonds is 6. The van der Waals surface area contributed by atoms with Crippen LogP contribution in [-0.4, -0.2) is 48.7 Å². The van der Waals surface area contributed by atoms with Crippen molar-refractivity contribution in [2.45, 2.75) is 69.4 Å². The fourth-order valence-corrected chi connectivity index (χ4v) is 5.91. The number of aromatic nitrogens is 5. The summed E-state index contributed by atoms with van der Waals surface area (Å²) in [4.78, 5) is 28.6. The summed E-state index contributed by atoms with van der Waals surface area (Å²) in [5, 5.41) is 26.9. The van der Waals surface area contributed by atoms with E-state index in [-0.39, 0.29) is 11.9 Å². The lowest BCUT2D eigenvalue weighted by molar-refractivity contribution is -0.117. The van der Waals surface area contributed by atoms with Gasteiger partial charge >= 0.3 is 0 Å². The van der Waals surface area contributed by atoms with Crippen LogP contribution in [0, 0.1) is 0 Å². The number of amides is 1. The summed E-state index contributed by atoms with van der Waals surface area (Å²) in [5.41, 5.74) is 2.72. The normalized spacial score (nSPS) is 22.3. The number of carbonyl (C=O) groups is 1. The van der Waals surface area contributed by atoms with E-state index in [0.717, 1.165) is 23.5 Å². The van der Waals surface area contributed by atoms with Crippen LogP contribution in [0.3, 0.4) is 0 Å². The maximum absolute atomic E-state index is 13.0. The molecule has 6 rings (SSSR count). The number of aromatic amines is 1. The Morgan fingerprint density at radius 3 is 2.88 bits per heavy atom. The van der Waals surface area contributed by atoms with Crippen molar-refractivity contribution >= 4 is 40.0 Å². The smallest absolute Gasteiger partial charge is 0.248 e. The third-order valence-corrected chi connectivity index (χ3v) is 7.81. The summed E-state index contributed by atoms with van der Waals surface area (Å²) < 4.78 is 0. The van der Waals surface area contributed by atoms with Gasteiger partial charge in [-0.15, -0.1) is 11.3 Å². The maximum Gasteiger partial charge on any atom is 0.248 e.